The summed E-state index contributed by atoms with van der Waals surface area (Å²) < 4.78 is 29.2. The molecule has 0 radical (unpaired) electrons. The van der Waals surface area contributed by atoms with Crippen LogP contribution >= 0.6 is 0 Å². The quantitative estimate of drug-likeness (QED) is 0.707. The Morgan fingerprint density at radius 1 is 1.41 bits per heavy atom. The SMILES string of the molecule is CCc1cccc(NC(=O)NCS(=O)(=O)O)c1. The number of carbonyl (C=O) groups excluding carboxylic acids is 1. The van der Waals surface area contributed by atoms with Gasteiger partial charge in [0.1, 0.15) is 5.88 Å². The molecular weight excluding hydrogens is 244 g/mol. The number of carbonyl (C=O) groups is 1. The summed E-state index contributed by atoms with van der Waals surface area (Å²) in [5, 5.41) is 4.48. The Morgan fingerprint density at radius 3 is 2.71 bits per heavy atom. The van der Waals surface area contributed by atoms with Gasteiger partial charge in [-0.1, -0.05) is 19.1 Å². The second-order valence-electron chi connectivity index (χ2n) is 3.41. The number of rotatable bonds is 4. The van der Waals surface area contributed by atoms with Crippen molar-refractivity contribution in [3.05, 3.63) is 29.8 Å². The number of urea groups is 1. The van der Waals surface area contributed by atoms with E-state index in [9.17, 15) is 13.2 Å². The van der Waals surface area contributed by atoms with Gasteiger partial charge < -0.3 is 10.6 Å². The first-order valence-corrected chi connectivity index (χ1v) is 6.60. The van der Waals surface area contributed by atoms with E-state index in [1.807, 2.05) is 18.3 Å². The minimum absolute atomic E-state index is 0.567. The first kappa shape index (κ1) is 13.5. The number of hydrogen-bond donors (Lipinski definition) is 3. The molecule has 6 nitrogen and oxygen atoms in total. The van der Waals surface area contributed by atoms with Crippen molar-refractivity contribution in [2.75, 3.05) is 11.2 Å². The van der Waals surface area contributed by atoms with E-state index in [0.717, 1.165) is 12.0 Å². The summed E-state index contributed by atoms with van der Waals surface area (Å²) in [4.78, 5) is 11.3. The van der Waals surface area contributed by atoms with Gasteiger partial charge in [0, 0.05) is 5.69 Å². The molecule has 0 aromatic heterocycles. The molecule has 0 fully saturated rings. The van der Waals surface area contributed by atoms with Crippen LogP contribution in [-0.4, -0.2) is 24.9 Å². The van der Waals surface area contributed by atoms with Crippen LogP contribution in [0.15, 0.2) is 24.3 Å². The number of hydrogen-bond acceptors (Lipinski definition) is 3. The minimum Gasteiger partial charge on any atom is -0.321 e. The van der Waals surface area contributed by atoms with Gasteiger partial charge in [0.25, 0.3) is 10.1 Å². The lowest BCUT2D eigenvalue weighted by molar-refractivity contribution is 0.253. The van der Waals surface area contributed by atoms with Crippen molar-refractivity contribution in [2.24, 2.45) is 0 Å². The largest absolute Gasteiger partial charge is 0.321 e. The molecule has 0 saturated heterocycles. The van der Waals surface area contributed by atoms with Gasteiger partial charge in [-0.05, 0) is 24.1 Å². The van der Waals surface area contributed by atoms with Crippen LogP contribution < -0.4 is 10.6 Å². The Bertz CT molecular complexity index is 499. The maximum absolute atomic E-state index is 11.3. The fourth-order valence-corrected chi connectivity index (χ4v) is 1.51. The van der Waals surface area contributed by atoms with Crippen molar-refractivity contribution >= 4 is 21.8 Å². The zero-order chi connectivity index (χ0) is 12.9. The van der Waals surface area contributed by atoms with E-state index in [4.69, 9.17) is 4.55 Å². The number of amides is 2. The fourth-order valence-electron chi connectivity index (χ4n) is 1.20. The minimum atomic E-state index is -4.20. The van der Waals surface area contributed by atoms with Gasteiger partial charge in [-0.25, -0.2) is 4.79 Å². The van der Waals surface area contributed by atoms with Gasteiger partial charge in [0.2, 0.25) is 0 Å². The van der Waals surface area contributed by atoms with Gasteiger partial charge in [0.15, 0.2) is 0 Å². The second kappa shape index (κ2) is 5.65. The van der Waals surface area contributed by atoms with Gasteiger partial charge in [-0.15, -0.1) is 0 Å². The van der Waals surface area contributed by atoms with E-state index in [-0.39, 0.29) is 0 Å². The van der Waals surface area contributed by atoms with Crippen LogP contribution in [0.5, 0.6) is 0 Å². The highest BCUT2D eigenvalue weighted by atomic mass is 32.2. The molecule has 7 heteroatoms. The molecule has 0 heterocycles. The smallest absolute Gasteiger partial charge is 0.320 e. The molecule has 0 aliphatic heterocycles. The predicted octanol–water partition coefficient (Wildman–Crippen LogP) is 1.22. The van der Waals surface area contributed by atoms with Crippen molar-refractivity contribution in [3.8, 4) is 0 Å². The standard InChI is InChI=1S/C10H14N2O4S/c1-2-8-4-3-5-9(6-8)12-10(13)11-7-17(14,15)16/h3-6H,2,7H2,1H3,(H2,11,12,13)(H,14,15,16). The van der Waals surface area contributed by atoms with E-state index < -0.39 is 22.0 Å². The molecule has 1 rings (SSSR count). The van der Waals surface area contributed by atoms with E-state index >= 15 is 0 Å². The van der Waals surface area contributed by atoms with Crippen LogP contribution in [0, 0.1) is 0 Å². The fraction of sp³-hybridized carbons (Fsp3) is 0.300. The van der Waals surface area contributed by atoms with Gasteiger partial charge in [0.05, 0.1) is 0 Å². The Balaban J connectivity index is 2.56. The van der Waals surface area contributed by atoms with Gasteiger partial charge in [-0.3, -0.25) is 4.55 Å². The topological polar surface area (TPSA) is 95.5 Å². The molecule has 0 unspecified atom stereocenters. The predicted molar refractivity (Wildman–Crippen MR) is 64.4 cm³/mol. The number of nitrogens with one attached hydrogen (secondary N) is 2. The van der Waals surface area contributed by atoms with Gasteiger partial charge >= 0.3 is 6.03 Å². The second-order valence-corrected chi connectivity index (χ2v) is 4.86. The van der Waals surface area contributed by atoms with Crippen LogP contribution in [-0.2, 0) is 16.5 Å². The van der Waals surface area contributed by atoms with Crippen molar-refractivity contribution in [1.82, 2.24) is 5.32 Å². The Kier molecular flexibility index (Phi) is 4.47. The molecule has 0 spiro atoms. The summed E-state index contributed by atoms with van der Waals surface area (Å²) in [6.45, 7) is 1.98. The first-order valence-electron chi connectivity index (χ1n) is 4.99. The lowest BCUT2D eigenvalue weighted by atomic mass is 10.1. The number of benzene rings is 1. The number of aryl methyl sites for hydroxylation is 1. The maximum atomic E-state index is 11.3. The normalized spacial score (nSPS) is 10.9. The molecular formula is C10H14N2O4S. The van der Waals surface area contributed by atoms with Crippen LogP contribution in [0.4, 0.5) is 10.5 Å². The maximum Gasteiger partial charge on any atom is 0.320 e. The molecule has 2 amide bonds. The zero-order valence-electron chi connectivity index (χ0n) is 9.30. The molecule has 0 bridgehead atoms. The molecule has 1 aromatic rings. The van der Waals surface area contributed by atoms with Crippen molar-refractivity contribution in [1.29, 1.82) is 0 Å². The lowest BCUT2D eigenvalue weighted by Gasteiger charge is -2.07. The van der Waals surface area contributed by atoms with E-state index in [1.54, 1.807) is 18.2 Å². The van der Waals surface area contributed by atoms with Crippen LogP contribution in [0.2, 0.25) is 0 Å². The molecule has 0 atom stereocenters. The third kappa shape index (κ3) is 5.32. The van der Waals surface area contributed by atoms with E-state index in [0.29, 0.717) is 5.69 Å². The summed E-state index contributed by atoms with van der Waals surface area (Å²) >= 11 is 0. The molecule has 1 aromatic carbocycles. The van der Waals surface area contributed by atoms with E-state index in [1.165, 1.54) is 0 Å². The third-order valence-electron chi connectivity index (χ3n) is 2.01. The Labute approximate surface area is 99.8 Å². The van der Waals surface area contributed by atoms with E-state index in [2.05, 4.69) is 5.32 Å². The summed E-state index contributed by atoms with van der Waals surface area (Å²) in [5.41, 5.74) is 1.62. The first-order chi connectivity index (χ1) is 7.90. The molecule has 0 saturated carbocycles. The Morgan fingerprint density at radius 2 is 2.12 bits per heavy atom. The van der Waals surface area contributed by atoms with Crippen LogP contribution in [0.3, 0.4) is 0 Å². The average molecular weight is 258 g/mol. The highest BCUT2D eigenvalue weighted by Gasteiger charge is 2.07. The van der Waals surface area contributed by atoms with Crippen molar-refractivity contribution in [3.63, 3.8) is 0 Å². The van der Waals surface area contributed by atoms with Crippen LogP contribution in [0.1, 0.15) is 12.5 Å². The summed E-state index contributed by atoms with van der Waals surface area (Å²) in [7, 11) is -4.20. The van der Waals surface area contributed by atoms with Crippen molar-refractivity contribution < 1.29 is 17.8 Å². The Hall–Kier alpha value is -1.60. The molecule has 0 aliphatic rings. The monoisotopic (exact) mass is 258 g/mol. The highest BCUT2D eigenvalue weighted by Crippen LogP contribution is 2.10. The molecule has 3 N–H and O–H groups in total. The summed E-state index contributed by atoms with van der Waals surface area (Å²) in [5.74, 6) is -0.813. The van der Waals surface area contributed by atoms with Crippen molar-refractivity contribution in [2.45, 2.75) is 13.3 Å². The van der Waals surface area contributed by atoms with Gasteiger partial charge in [-0.2, -0.15) is 8.42 Å². The van der Waals surface area contributed by atoms with Crippen LogP contribution in [0.25, 0.3) is 0 Å². The number of anilines is 1. The molecule has 17 heavy (non-hydrogen) atoms. The summed E-state index contributed by atoms with van der Waals surface area (Å²) in [6.07, 6.45) is 0.835. The molecule has 94 valence electrons. The summed E-state index contributed by atoms with van der Waals surface area (Å²) in [6, 6.07) is 6.49. The average Bonchev–Trinajstić information content (AvgIpc) is 2.26. The molecule has 0 aliphatic carbocycles. The lowest BCUT2D eigenvalue weighted by Crippen LogP contribution is -2.33. The highest BCUT2D eigenvalue weighted by molar-refractivity contribution is 7.85. The zero-order valence-corrected chi connectivity index (χ0v) is 10.1. The third-order valence-corrected chi connectivity index (χ3v) is 2.52.